The smallest absolute Gasteiger partial charge is 0.255 e. The van der Waals surface area contributed by atoms with Gasteiger partial charge in [0.15, 0.2) is 0 Å². The molecule has 3 aromatic rings. The number of hydrogen-bond acceptors (Lipinski definition) is 6. The van der Waals surface area contributed by atoms with Crippen LogP contribution in [0.25, 0.3) is 22.1 Å². The Bertz CT molecular complexity index is 1230. The fourth-order valence-electron chi connectivity index (χ4n) is 5.14. The van der Waals surface area contributed by atoms with E-state index < -0.39 is 0 Å². The van der Waals surface area contributed by atoms with Crippen molar-refractivity contribution < 1.29 is 9.21 Å². The number of aromatic nitrogens is 1. The van der Waals surface area contributed by atoms with E-state index in [1.165, 1.54) is 18.9 Å². The molecular weight excluding hydrogens is 392 g/mol. The first kappa shape index (κ1) is 20.0. The molecule has 31 heavy (non-hydrogen) atoms. The van der Waals surface area contributed by atoms with Crippen LogP contribution in [-0.4, -0.2) is 42.0 Å². The Balaban J connectivity index is 1.68. The van der Waals surface area contributed by atoms with Crippen molar-refractivity contribution >= 4 is 33.8 Å². The highest BCUT2D eigenvalue weighted by Gasteiger charge is 2.36. The average molecular weight is 421 g/mol. The van der Waals surface area contributed by atoms with E-state index in [-0.39, 0.29) is 33.8 Å². The Morgan fingerprint density at radius 1 is 1.23 bits per heavy atom. The van der Waals surface area contributed by atoms with Crippen molar-refractivity contribution in [3.8, 4) is 0 Å². The van der Waals surface area contributed by atoms with Gasteiger partial charge in [-0.1, -0.05) is 19.9 Å². The van der Waals surface area contributed by atoms with Crippen LogP contribution in [0.15, 0.2) is 33.5 Å². The van der Waals surface area contributed by atoms with Crippen LogP contribution in [0.5, 0.6) is 0 Å². The maximum atomic E-state index is 13.3. The number of rotatable bonds is 1. The van der Waals surface area contributed by atoms with E-state index >= 15 is 0 Å². The number of pyridine rings is 1. The standard InChI is InChI=1S/C24H28N4O3/c1-3-28-9-8-26-23(30)19-11-18-21(29)17-10-14(13(2)16-6-4-15(16)12-28)5-7-20(17)31-24(18)27-22(19)25/h5,7,10-11,13,15-16H,3-4,6,8-9,12H2,1-2H3,(H2,25,27)(H,26,30). The molecule has 1 saturated carbocycles. The van der Waals surface area contributed by atoms with Crippen LogP contribution in [0.3, 0.4) is 0 Å². The minimum atomic E-state index is -0.321. The van der Waals surface area contributed by atoms with Crippen molar-refractivity contribution in [1.82, 2.24) is 15.2 Å². The van der Waals surface area contributed by atoms with Gasteiger partial charge in [-0.2, -0.15) is 4.98 Å². The summed E-state index contributed by atoms with van der Waals surface area (Å²) < 4.78 is 5.89. The first-order chi connectivity index (χ1) is 15.0. The Hall–Kier alpha value is -2.93. The van der Waals surface area contributed by atoms with Gasteiger partial charge in [0.05, 0.1) is 16.3 Å². The summed E-state index contributed by atoms with van der Waals surface area (Å²) in [5.41, 5.74) is 7.86. The van der Waals surface area contributed by atoms with Gasteiger partial charge in [0.2, 0.25) is 11.1 Å². The number of nitrogens with two attached hydrogens (primary N) is 1. The van der Waals surface area contributed by atoms with Gasteiger partial charge < -0.3 is 20.4 Å². The number of carbonyl (C=O) groups is 1. The van der Waals surface area contributed by atoms with E-state index in [1.54, 1.807) is 0 Å². The summed E-state index contributed by atoms with van der Waals surface area (Å²) in [4.78, 5) is 32.7. The number of hydrogen-bond donors (Lipinski definition) is 2. The minimum absolute atomic E-state index is 0.0588. The number of benzene rings is 1. The van der Waals surface area contributed by atoms with E-state index in [1.807, 2.05) is 12.1 Å². The molecule has 1 aromatic carbocycles. The summed E-state index contributed by atoms with van der Waals surface area (Å²) in [6.45, 7) is 7.69. The Labute approximate surface area is 180 Å². The molecule has 1 amide bonds. The molecule has 0 spiro atoms. The molecule has 3 heterocycles. The quantitative estimate of drug-likeness (QED) is 0.587. The van der Waals surface area contributed by atoms with Crippen LogP contribution >= 0.6 is 0 Å². The van der Waals surface area contributed by atoms with Crippen molar-refractivity contribution in [2.75, 3.05) is 31.9 Å². The van der Waals surface area contributed by atoms with Gasteiger partial charge in [0, 0.05) is 19.6 Å². The molecule has 7 nitrogen and oxygen atoms in total. The highest BCUT2D eigenvalue weighted by molar-refractivity contribution is 6.02. The third-order valence-electron chi connectivity index (χ3n) is 7.26. The fraction of sp³-hybridized carbons (Fsp3) is 0.458. The Morgan fingerprint density at radius 2 is 2.06 bits per heavy atom. The second-order valence-corrected chi connectivity index (χ2v) is 8.90. The number of anilines is 1. The van der Waals surface area contributed by atoms with Crippen molar-refractivity contribution in [3.05, 3.63) is 45.6 Å². The first-order valence-corrected chi connectivity index (χ1v) is 11.1. The molecule has 0 saturated heterocycles. The topological polar surface area (TPSA) is 101 Å². The van der Waals surface area contributed by atoms with Gasteiger partial charge in [0.1, 0.15) is 11.4 Å². The predicted molar refractivity (Wildman–Crippen MR) is 121 cm³/mol. The third kappa shape index (κ3) is 3.37. The molecule has 4 bridgehead atoms. The largest absolute Gasteiger partial charge is 0.437 e. The highest BCUT2D eigenvalue weighted by atomic mass is 16.3. The lowest BCUT2D eigenvalue weighted by atomic mass is 9.65. The highest BCUT2D eigenvalue weighted by Crippen LogP contribution is 2.44. The molecule has 1 aliphatic carbocycles. The SMILES string of the molecule is CCN1CCNC(=O)c2cc3c(=O)c4cc(ccc4oc3nc2N)C(C)C2CCC2C1. The van der Waals surface area contributed by atoms with Gasteiger partial charge in [-0.3, -0.25) is 9.59 Å². The molecule has 5 rings (SSSR count). The zero-order valence-electron chi connectivity index (χ0n) is 18.0. The van der Waals surface area contributed by atoms with E-state index in [4.69, 9.17) is 10.2 Å². The van der Waals surface area contributed by atoms with Crippen molar-refractivity contribution in [1.29, 1.82) is 0 Å². The van der Waals surface area contributed by atoms with Gasteiger partial charge in [-0.05, 0) is 60.9 Å². The molecule has 162 valence electrons. The van der Waals surface area contributed by atoms with Gasteiger partial charge in [-0.25, -0.2) is 0 Å². The average Bonchev–Trinajstić information content (AvgIpc) is 2.74. The molecule has 3 atom stereocenters. The summed E-state index contributed by atoms with van der Waals surface area (Å²) in [7, 11) is 0. The number of nitrogens with zero attached hydrogens (tertiary/aromatic N) is 2. The lowest BCUT2D eigenvalue weighted by Gasteiger charge is -2.43. The summed E-state index contributed by atoms with van der Waals surface area (Å²) in [5, 5.41) is 3.73. The molecule has 1 aliphatic heterocycles. The van der Waals surface area contributed by atoms with Crippen LogP contribution in [0.4, 0.5) is 5.82 Å². The zero-order chi connectivity index (χ0) is 21.7. The second-order valence-electron chi connectivity index (χ2n) is 8.90. The van der Waals surface area contributed by atoms with Crippen molar-refractivity contribution in [2.24, 2.45) is 11.8 Å². The fourth-order valence-corrected chi connectivity index (χ4v) is 5.14. The normalized spacial score (nSPS) is 24.7. The molecule has 7 heteroatoms. The van der Waals surface area contributed by atoms with Crippen LogP contribution < -0.4 is 16.5 Å². The molecular formula is C24H28N4O3. The van der Waals surface area contributed by atoms with E-state index in [2.05, 4.69) is 35.1 Å². The first-order valence-electron chi connectivity index (χ1n) is 11.1. The third-order valence-corrected chi connectivity index (χ3v) is 7.26. The monoisotopic (exact) mass is 420 g/mol. The number of nitrogen functional groups attached to an aromatic ring is 1. The maximum absolute atomic E-state index is 13.3. The number of carbonyl (C=O) groups excluding carboxylic acids is 1. The second kappa shape index (κ2) is 7.64. The lowest BCUT2D eigenvalue weighted by Crippen LogP contribution is -2.43. The molecule has 2 aliphatic rings. The Morgan fingerprint density at radius 3 is 2.81 bits per heavy atom. The van der Waals surface area contributed by atoms with Crippen LogP contribution in [0.2, 0.25) is 0 Å². The maximum Gasteiger partial charge on any atom is 0.255 e. The molecule has 1 fully saturated rings. The minimum Gasteiger partial charge on any atom is -0.437 e. The number of likely N-dealkylation sites (N-methyl/N-ethyl adjacent to an activating group) is 1. The van der Waals surface area contributed by atoms with Crippen molar-refractivity contribution in [3.63, 3.8) is 0 Å². The molecule has 0 radical (unpaired) electrons. The molecule has 3 unspecified atom stereocenters. The lowest BCUT2D eigenvalue weighted by molar-refractivity contribution is 0.0891. The van der Waals surface area contributed by atoms with E-state index in [9.17, 15) is 9.59 Å². The van der Waals surface area contributed by atoms with Crippen LogP contribution in [-0.2, 0) is 0 Å². The summed E-state index contributed by atoms with van der Waals surface area (Å²) in [6.07, 6.45) is 2.43. The van der Waals surface area contributed by atoms with Gasteiger partial charge in [-0.15, -0.1) is 0 Å². The zero-order valence-corrected chi connectivity index (χ0v) is 18.0. The summed E-state index contributed by atoms with van der Waals surface area (Å²) >= 11 is 0. The molecule has 3 N–H and O–H groups in total. The summed E-state index contributed by atoms with van der Waals surface area (Å²) in [5.74, 6) is 1.32. The van der Waals surface area contributed by atoms with E-state index in [0.29, 0.717) is 35.3 Å². The number of nitrogens with one attached hydrogen (secondary N) is 1. The number of amides is 1. The predicted octanol–water partition coefficient (Wildman–Crippen LogP) is 3.12. The Kier molecular flexibility index (Phi) is 4.93. The van der Waals surface area contributed by atoms with Crippen molar-refractivity contribution in [2.45, 2.75) is 32.6 Å². The van der Waals surface area contributed by atoms with Crippen LogP contribution in [0.1, 0.15) is 48.5 Å². The summed E-state index contributed by atoms with van der Waals surface area (Å²) in [6, 6.07) is 7.39. The number of fused-ring (bicyclic) bond motifs is 3. The van der Waals surface area contributed by atoms with E-state index in [0.717, 1.165) is 25.2 Å². The molecule has 2 aromatic heterocycles. The van der Waals surface area contributed by atoms with Gasteiger partial charge >= 0.3 is 0 Å². The van der Waals surface area contributed by atoms with Crippen LogP contribution in [0, 0.1) is 11.8 Å². The van der Waals surface area contributed by atoms with Gasteiger partial charge in [0.25, 0.3) is 5.91 Å².